The summed E-state index contributed by atoms with van der Waals surface area (Å²) in [6.07, 6.45) is 6.97. The van der Waals surface area contributed by atoms with E-state index < -0.39 is 0 Å². The molecule has 0 heterocycles. The molecule has 0 radical (unpaired) electrons. The summed E-state index contributed by atoms with van der Waals surface area (Å²) in [6, 6.07) is 7.09. The fourth-order valence-electron chi connectivity index (χ4n) is 4.03. The van der Waals surface area contributed by atoms with Gasteiger partial charge in [-0.05, 0) is 66.7 Å². The lowest BCUT2D eigenvalue weighted by Gasteiger charge is -2.54. The van der Waals surface area contributed by atoms with Crippen molar-refractivity contribution in [3.05, 3.63) is 28.2 Å². The monoisotopic (exact) mass is 337 g/mol. The number of halogens is 1. The maximum atomic E-state index is 5.99. The molecule has 0 amide bonds. The van der Waals surface area contributed by atoms with E-state index in [9.17, 15) is 0 Å². The molecule has 2 unspecified atom stereocenters. The van der Waals surface area contributed by atoms with E-state index in [-0.39, 0.29) is 0 Å². The summed E-state index contributed by atoms with van der Waals surface area (Å²) in [5.74, 6) is 0. The Morgan fingerprint density at radius 3 is 2.80 bits per heavy atom. The molecule has 2 fully saturated rings. The second kappa shape index (κ2) is 5.69. The number of hydrogen-bond donors (Lipinski definition) is 1. The van der Waals surface area contributed by atoms with E-state index in [2.05, 4.69) is 53.3 Å². The van der Waals surface area contributed by atoms with Gasteiger partial charge < -0.3 is 10.1 Å². The SMILES string of the molecule is CCOC1CC(Nc2cc(C)ccc2Br)C12CCCC2. The van der Waals surface area contributed by atoms with Crippen LogP contribution < -0.4 is 5.32 Å². The summed E-state index contributed by atoms with van der Waals surface area (Å²) < 4.78 is 7.15. The second-order valence-corrected chi connectivity index (χ2v) is 7.15. The minimum atomic E-state index is 0.388. The lowest BCUT2D eigenvalue weighted by molar-refractivity contribution is -0.114. The van der Waals surface area contributed by atoms with Crippen molar-refractivity contribution in [1.82, 2.24) is 0 Å². The third-order valence-electron chi connectivity index (χ3n) is 5.14. The van der Waals surface area contributed by atoms with Gasteiger partial charge >= 0.3 is 0 Å². The summed E-state index contributed by atoms with van der Waals surface area (Å²) in [6.45, 7) is 5.10. The van der Waals surface area contributed by atoms with Gasteiger partial charge in [-0.1, -0.05) is 18.9 Å². The zero-order valence-electron chi connectivity index (χ0n) is 12.4. The van der Waals surface area contributed by atoms with E-state index in [1.54, 1.807) is 0 Å². The smallest absolute Gasteiger partial charge is 0.0670 e. The molecular formula is C17H24BrNO. The Morgan fingerprint density at radius 1 is 1.35 bits per heavy atom. The van der Waals surface area contributed by atoms with Gasteiger partial charge in [-0.15, -0.1) is 0 Å². The molecule has 2 aliphatic rings. The maximum Gasteiger partial charge on any atom is 0.0670 e. The predicted molar refractivity (Wildman–Crippen MR) is 87.2 cm³/mol. The van der Waals surface area contributed by atoms with E-state index in [1.807, 2.05) is 0 Å². The number of rotatable bonds is 4. The highest BCUT2D eigenvalue weighted by molar-refractivity contribution is 9.10. The number of aryl methyl sites for hydroxylation is 1. The Morgan fingerprint density at radius 2 is 2.10 bits per heavy atom. The Kier molecular flexibility index (Phi) is 4.09. The van der Waals surface area contributed by atoms with Gasteiger partial charge in [-0.3, -0.25) is 0 Å². The van der Waals surface area contributed by atoms with Crippen LogP contribution in [0.2, 0.25) is 0 Å². The van der Waals surface area contributed by atoms with Gasteiger partial charge in [0.05, 0.1) is 6.10 Å². The second-order valence-electron chi connectivity index (χ2n) is 6.30. The average molecular weight is 338 g/mol. The molecule has 1 spiro atoms. The van der Waals surface area contributed by atoms with Crippen molar-refractivity contribution < 1.29 is 4.74 Å². The molecule has 3 heteroatoms. The molecule has 2 atom stereocenters. The maximum absolute atomic E-state index is 5.99. The minimum absolute atomic E-state index is 0.388. The van der Waals surface area contributed by atoms with Gasteiger partial charge in [0.15, 0.2) is 0 Å². The summed E-state index contributed by atoms with van der Waals surface area (Å²) in [7, 11) is 0. The number of anilines is 1. The van der Waals surface area contributed by atoms with E-state index in [0.717, 1.165) is 17.5 Å². The average Bonchev–Trinajstić information content (AvgIpc) is 2.94. The molecule has 110 valence electrons. The standard InChI is InChI=1S/C17H24BrNO/c1-3-20-16-11-15(17(16)8-4-5-9-17)19-14-10-12(2)6-7-13(14)18/h6-7,10,15-16,19H,3-5,8-9,11H2,1-2H3. The van der Waals surface area contributed by atoms with E-state index in [0.29, 0.717) is 17.6 Å². The van der Waals surface area contributed by atoms with Crippen molar-refractivity contribution in [2.75, 3.05) is 11.9 Å². The first kappa shape index (κ1) is 14.4. The van der Waals surface area contributed by atoms with Gasteiger partial charge in [0, 0.05) is 28.2 Å². The third-order valence-corrected chi connectivity index (χ3v) is 5.83. The van der Waals surface area contributed by atoms with Crippen molar-refractivity contribution in [3.63, 3.8) is 0 Å². The molecule has 20 heavy (non-hydrogen) atoms. The zero-order valence-corrected chi connectivity index (χ0v) is 14.0. The van der Waals surface area contributed by atoms with Crippen LogP contribution in [0.15, 0.2) is 22.7 Å². The molecule has 0 saturated heterocycles. The van der Waals surface area contributed by atoms with E-state index >= 15 is 0 Å². The van der Waals surface area contributed by atoms with Crippen molar-refractivity contribution in [2.24, 2.45) is 5.41 Å². The molecule has 2 aliphatic carbocycles. The van der Waals surface area contributed by atoms with Crippen molar-refractivity contribution in [2.45, 2.75) is 58.1 Å². The predicted octanol–water partition coefficient (Wildman–Crippen LogP) is 4.91. The van der Waals surface area contributed by atoms with Crippen LogP contribution >= 0.6 is 15.9 Å². The first-order chi connectivity index (χ1) is 9.65. The van der Waals surface area contributed by atoms with Crippen LogP contribution in [0.1, 0.15) is 44.6 Å². The Balaban J connectivity index is 1.76. The lowest BCUT2D eigenvalue weighted by Crippen LogP contribution is -2.60. The molecular weight excluding hydrogens is 314 g/mol. The van der Waals surface area contributed by atoms with Crippen LogP contribution in [0.5, 0.6) is 0 Å². The molecule has 1 aromatic carbocycles. The molecule has 3 rings (SSSR count). The fraction of sp³-hybridized carbons (Fsp3) is 0.647. The first-order valence-electron chi connectivity index (χ1n) is 7.80. The van der Waals surface area contributed by atoms with Gasteiger partial charge in [-0.2, -0.15) is 0 Å². The first-order valence-corrected chi connectivity index (χ1v) is 8.59. The largest absolute Gasteiger partial charge is 0.381 e. The van der Waals surface area contributed by atoms with E-state index in [1.165, 1.54) is 36.9 Å². The summed E-state index contributed by atoms with van der Waals surface area (Å²) in [4.78, 5) is 0. The number of ether oxygens (including phenoxy) is 1. The Labute approximate surface area is 130 Å². The molecule has 2 nitrogen and oxygen atoms in total. The topological polar surface area (TPSA) is 21.3 Å². The Hall–Kier alpha value is -0.540. The highest BCUT2D eigenvalue weighted by Gasteiger charge is 2.56. The van der Waals surface area contributed by atoms with Crippen LogP contribution in [0.3, 0.4) is 0 Å². The third kappa shape index (κ3) is 2.39. The fourth-order valence-corrected chi connectivity index (χ4v) is 4.39. The molecule has 1 aromatic rings. The molecule has 0 aromatic heterocycles. The van der Waals surface area contributed by atoms with Crippen molar-refractivity contribution >= 4 is 21.6 Å². The zero-order chi connectivity index (χ0) is 14.2. The minimum Gasteiger partial charge on any atom is -0.381 e. The van der Waals surface area contributed by atoms with Gasteiger partial charge in [0.25, 0.3) is 0 Å². The van der Waals surface area contributed by atoms with Crippen LogP contribution in [0.25, 0.3) is 0 Å². The van der Waals surface area contributed by atoms with Crippen LogP contribution in [0.4, 0.5) is 5.69 Å². The molecule has 1 N–H and O–H groups in total. The highest BCUT2D eigenvalue weighted by Crippen LogP contribution is 2.55. The van der Waals surface area contributed by atoms with Gasteiger partial charge in [0.1, 0.15) is 0 Å². The molecule has 0 aliphatic heterocycles. The van der Waals surface area contributed by atoms with Gasteiger partial charge in [-0.25, -0.2) is 0 Å². The van der Waals surface area contributed by atoms with Gasteiger partial charge in [0.2, 0.25) is 0 Å². The van der Waals surface area contributed by atoms with Crippen LogP contribution in [0, 0.1) is 12.3 Å². The number of hydrogen-bond acceptors (Lipinski definition) is 2. The summed E-state index contributed by atoms with van der Waals surface area (Å²) >= 11 is 3.66. The van der Waals surface area contributed by atoms with Crippen molar-refractivity contribution in [1.29, 1.82) is 0 Å². The van der Waals surface area contributed by atoms with E-state index in [4.69, 9.17) is 4.74 Å². The highest BCUT2D eigenvalue weighted by atomic mass is 79.9. The number of nitrogens with one attached hydrogen (secondary N) is 1. The lowest BCUT2D eigenvalue weighted by atomic mass is 9.60. The Bertz CT molecular complexity index is 482. The summed E-state index contributed by atoms with van der Waals surface area (Å²) in [5.41, 5.74) is 2.92. The molecule has 2 saturated carbocycles. The number of benzene rings is 1. The van der Waals surface area contributed by atoms with Crippen LogP contribution in [-0.2, 0) is 4.74 Å². The van der Waals surface area contributed by atoms with Crippen molar-refractivity contribution in [3.8, 4) is 0 Å². The summed E-state index contributed by atoms with van der Waals surface area (Å²) in [5, 5.41) is 3.78. The normalized spacial score (nSPS) is 27.6. The molecule has 0 bridgehead atoms. The quantitative estimate of drug-likeness (QED) is 0.842. The van der Waals surface area contributed by atoms with Crippen LogP contribution in [-0.4, -0.2) is 18.8 Å².